The number of amides is 1. The van der Waals surface area contributed by atoms with Crippen molar-refractivity contribution in [3.05, 3.63) is 158 Å². The average molecular weight is 986 g/mol. The number of carbonyl (C=O) groups is 2. The molecule has 1 spiro atoms. The highest BCUT2D eigenvalue weighted by atomic mass is 16.3. The largest absolute Gasteiger partial charge is 0.508 e. The van der Waals surface area contributed by atoms with Gasteiger partial charge in [-0.2, -0.15) is 0 Å². The minimum Gasteiger partial charge on any atom is -0.508 e. The number of aliphatic hydroxyl groups is 6. The van der Waals surface area contributed by atoms with E-state index in [0.29, 0.717) is 92.0 Å². The molecule has 3 aromatic carbocycles. The summed E-state index contributed by atoms with van der Waals surface area (Å²) < 4.78 is 0. The molecule has 3 aromatic rings. The Balaban J connectivity index is 1.28. The number of rotatable bonds is 11. The number of phenolic OH excluding ortho intramolecular Hbond substituents is 1. The smallest absolute Gasteiger partial charge is 0.243 e. The summed E-state index contributed by atoms with van der Waals surface area (Å²) in [5.41, 5.74) is 13.6. The molecule has 72 heavy (non-hydrogen) atoms. The van der Waals surface area contributed by atoms with Crippen LogP contribution in [0.25, 0.3) is 0 Å². The Labute approximate surface area is 426 Å². The first-order valence-electron chi connectivity index (χ1n) is 26.1. The molecule has 2 heterocycles. The van der Waals surface area contributed by atoms with Gasteiger partial charge >= 0.3 is 0 Å². The minimum absolute atomic E-state index is 0.0109. The molecule has 2 aliphatic heterocycles. The Morgan fingerprint density at radius 1 is 0.944 bits per heavy atom. The molecule has 7 rings (SSSR count). The Morgan fingerprint density at radius 2 is 1.69 bits per heavy atom. The second kappa shape index (κ2) is 23.9. The zero-order chi connectivity index (χ0) is 51.9. The molecule has 2 aliphatic carbocycles. The lowest BCUT2D eigenvalue weighted by Gasteiger charge is -2.56. The van der Waals surface area contributed by atoms with Crippen LogP contribution in [0.5, 0.6) is 5.75 Å². The number of aromatic hydroxyl groups is 1. The van der Waals surface area contributed by atoms with Crippen molar-refractivity contribution in [3.8, 4) is 5.75 Å². The van der Waals surface area contributed by atoms with Gasteiger partial charge in [-0.3, -0.25) is 14.9 Å². The number of benzene rings is 3. The van der Waals surface area contributed by atoms with Crippen LogP contribution in [0, 0.1) is 23.2 Å². The van der Waals surface area contributed by atoms with Crippen molar-refractivity contribution < 1.29 is 45.3 Å². The number of hydrogen-bond acceptors (Lipinski definition) is 11. The SMILES string of the molecule is C=C(C=CC=C(CO)C1CCC2(C3CCC(O)Cc4cccc(c4)CC(Cc4ccc(O)cc4CCO)C(O)CNC4C(=O)NC(N)c5cccc(c54)CC(=O)C(C)=C3CCC2(C)O)C1O)CCC=C(C)C. The quantitative estimate of drug-likeness (QED) is 0.0701. The van der Waals surface area contributed by atoms with Gasteiger partial charge in [0.05, 0.1) is 30.5 Å². The van der Waals surface area contributed by atoms with Gasteiger partial charge in [0, 0.05) is 30.9 Å². The summed E-state index contributed by atoms with van der Waals surface area (Å²) in [6.45, 7) is 11.6. The maximum absolute atomic E-state index is 14.9. The summed E-state index contributed by atoms with van der Waals surface area (Å²) in [6.07, 6.45) is 9.55. The highest BCUT2D eigenvalue weighted by Gasteiger charge is 2.64. The normalized spacial score (nSPS) is 29.7. The summed E-state index contributed by atoms with van der Waals surface area (Å²) in [5.74, 6) is -1.85. The maximum Gasteiger partial charge on any atom is 0.243 e. The number of phenols is 1. The molecule has 10 atom stereocenters. The van der Waals surface area contributed by atoms with Crippen LogP contribution in [0.4, 0.5) is 0 Å². The van der Waals surface area contributed by atoms with Crippen molar-refractivity contribution in [1.82, 2.24) is 10.6 Å². The van der Waals surface area contributed by atoms with Gasteiger partial charge < -0.3 is 46.8 Å². The molecule has 0 aromatic heterocycles. The molecule has 11 N–H and O–H groups in total. The van der Waals surface area contributed by atoms with Gasteiger partial charge in [-0.1, -0.05) is 96.1 Å². The molecule has 388 valence electrons. The lowest BCUT2D eigenvalue weighted by atomic mass is 9.52. The Kier molecular flexibility index (Phi) is 18.2. The zero-order valence-electron chi connectivity index (χ0n) is 42.7. The average Bonchev–Trinajstić information content (AvgIpc) is 3.67. The van der Waals surface area contributed by atoms with Crippen molar-refractivity contribution in [2.45, 2.75) is 147 Å². The summed E-state index contributed by atoms with van der Waals surface area (Å²) in [7, 11) is 0. The third-order valence-electron chi connectivity index (χ3n) is 16.6. The molecule has 2 bridgehead atoms. The fraction of sp³-hybridized carbons (Fsp3) is 0.500. The first-order chi connectivity index (χ1) is 34.4. The molecule has 2 saturated carbocycles. The van der Waals surface area contributed by atoms with Crippen LogP contribution in [0.15, 0.2) is 119 Å². The number of hydrogen-bond donors (Lipinski definition) is 10. The van der Waals surface area contributed by atoms with Crippen LogP contribution in [-0.4, -0.2) is 91.1 Å². The highest BCUT2D eigenvalue weighted by Crippen LogP contribution is 2.63. The van der Waals surface area contributed by atoms with E-state index in [1.807, 2.05) is 73.7 Å². The molecular formula is C60H79N3O9. The Hall–Kier alpha value is -5.02. The van der Waals surface area contributed by atoms with Gasteiger partial charge in [-0.25, -0.2) is 0 Å². The maximum atomic E-state index is 14.9. The van der Waals surface area contributed by atoms with E-state index < -0.39 is 59.3 Å². The summed E-state index contributed by atoms with van der Waals surface area (Å²) in [4.78, 5) is 28.9. The molecule has 12 heteroatoms. The fourth-order valence-corrected chi connectivity index (χ4v) is 12.6. The summed E-state index contributed by atoms with van der Waals surface area (Å²) >= 11 is 0. The first kappa shape index (κ1) is 54.7. The summed E-state index contributed by atoms with van der Waals surface area (Å²) in [5, 5.41) is 86.8. The van der Waals surface area contributed by atoms with Crippen LogP contribution < -0.4 is 16.4 Å². The van der Waals surface area contributed by atoms with E-state index in [-0.39, 0.29) is 43.6 Å². The molecule has 12 nitrogen and oxygen atoms in total. The third kappa shape index (κ3) is 12.1. The van der Waals surface area contributed by atoms with Crippen molar-refractivity contribution >= 4 is 11.7 Å². The van der Waals surface area contributed by atoms with Crippen molar-refractivity contribution in [2.75, 3.05) is 19.8 Å². The standard InChI is InChI=1S/C60H79N3O9/c1-36(2)10-6-11-37(3)12-7-16-44(35-65)49-23-26-60(56(49)70)51-21-20-46(66)30-40-14-8-13-39(28-40)29-45(31-41-18-19-47(67)32-42(41)24-27-64)53(69)34-62-55-54-43(15-9-17-50(54)57(61)63-58(55)71)33-52(68)38(4)48(51)22-25-59(60,5)72/h7-10,12-19,28,32,45-46,49,51,53,55-57,62,64-67,69-70,72H,3,6,11,20-27,29-31,33-35,61H2,1-2,4-5H3,(H,63,71). The molecule has 0 radical (unpaired) electrons. The number of aliphatic hydroxyl groups excluding tert-OH is 5. The monoisotopic (exact) mass is 986 g/mol. The number of β-amino-alcohol motifs (C(OH)–C–C–N with tert-alkyl or cyclic N) is 1. The van der Waals surface area contributed by atoms with Crippen LogP contribution in [-0.2, 0) is 41.7 Å². The number of Topliss-reactive ketones (excluding diaryl/α,β-unsaturated/α-hetero) is 1. The van der Waals surface area contributed by atoms with E-state index in [9.17, 15) is 45.3 Å². The van der Waals surface area contributed by atoms with Gasteiger partial charge in [0.2, 0.25) is 5.91 Å². The van der Waals surface area contributed by atoms with Gasteiger partial charge in [-0.05, 0) is 179 Å². The summed E-state index contributed by atoms with van der Waals surface area (Å²) in [6, 6.07) is 17.5. The van der Waals surface area contributed by atoms with Crippen molar-refractivity contribution in [3.63, 3.8) is 0 Å². The predicted molar refractivity (Wildman–Crippen MR) is 281 cm³/mol. The molecule has 10 unspecified atom stereocenters. The van der Waals surface area contributed by atoms with Crippen LogP contribution in [0.3, 0.4) is 0 Å². The fourth-order valence-electron chi connectivity index (χ4n) is 12.6. The van der Waals surface area contributed by atoms with E-state index in [0.717, 1.165) is 46.2 Å². The lowest BCUT2D eigenvalue weighted by molar-refractivity contribution is -0.168. The van der Waals surface area contributed by atoms with Crippen molar-refractivity contribution in [2.24, 2.45) is 28.9 Å². The molecular weight excluding hydrogens is 907 g/mol. The number of nitrogens with two attached hydrogens (primary N) is 1. The third-order valence-corrected chi connectivity index (χ3v) is 16.6. The highest BCUT2D eigenvalue weighted by molar-refractivity contribution is 5.98. The first-order valence-corrected chi connectivity index (χ1v) is 26.1. The van der Waals surface area contributed by atoms with Crippen LogP contribution >= 0.6 is 0 Å². The van der Waals surface area contributed by atoms with E-state index in [2.05, 4.69) is 37.1 Å². The van der Waals surface area contributed by atoms with Gasteiger partial charge in [0.1, 0.15) is 18.0 Å². The van der Waals surface area contributed by atoms with E-state index in [1.165, 1.54) is 5.57 Å². The minimum atomic E-state index is -1.36. The van der Waals surface area contributed by atoms with E-state index in [1.54, 1.807) is 19.1 Å². The van der Waals surface area contributed by atoms with Crippen LogP contribution in [0.2, 0.25) is 0 Å². The zero-order valence-corrected chi connectivity index (χ0v) is 42.7. The molecule has 1 amide bonds. The number of allylic oxidation sites excluding steroid dienone is 8. The number of nitrogens with one attached hydrogen (secondary N) is 2. The molecule has 0 saturated heterocycles. The molecule has 4 aliphatic rings. The predicted octanol–water partition coefficient (Wildman–Crippen LogP) is 6.93. The van der Waals surface area contributed by atoms with Crippen molar-refractivity contribution in [1.29, 1.82) is 0 Å². The number of carbonyl (C=O) groups excluding carboxylic acids is 2. The van der Waals surface area contributed by atoms with E-state index >= 15 is 0 Å². The Bertz CT molecular complexity index is 2570. The second-order valence-corrected chi connectivity index (χ2v) is 21.6. The van der Waals surface area contributed by atoms with Gasteiger partial charge in [0.25, 0.3) is 0 Å². The van der Waals surface area contributed by atoms with Gasteiger partial charge in [0.15, 0.2) is 5.78 Å². The number of fused-ring (bicyclic) bond motifs is 4. The number of ketones is 1. The van der Waals surface area contributed by atoms with Crippen LogP contribution in [0.1, 0.15) is 130 Å². The van der Waals surface area contributed by atoms with E-state index in [4.69, 9.17) is 5.73 Å². The topological polar surface area (TPSA) is 226 Å². The Morgan fingerprint density at radius 3 is 2.43 bits per heavy atom. The second-order valence-electron chi connectivity index (χ2n) is 21.6. The molecule has 2 fully saturated rings. The van der Waals surface area contributed by atoms with Gasteiger partial charge in [-0.15, -0.1) is 0 Å². The lowest BCUT2D eigenvalue weighted by Crippen LogP contribution is -2.59.